The first-order chi connectivity index (χ1) is 6.08. The highest BCUT2D eigenvalue weighted by atomic mass is 16.4. The summed E-state index contributed by atoms with van der Waals surface area (Å²) in [6.45, 7) is 4.90. The normalized spacial score (nSPS) is 18.0. The van der Waals surface area contributed by atoms with Crippen molar-refractivity contribution in [2.24, 2.45) is 5.41 Å². The smallest absolute Gasteiger partial charge is 0.319 e. The van der Waals surface area contributed by atoms with E-state index in [1.807, 2.05) is 13.8 Å². The van der Waals surface area contributed by atoms with E-state index in [0.717, 1.165) is 0 Å². The van der Waals surface area contributed by atoms with E-state index in [-0.39, 0.29) is 5.91 Å². The Bertz CT molecular complexity index is 229. The van der Waals surface area contributed by atoms with Crippen molar-refractivity contribution in [2.45, 2.75) is 26.7 Å². The molecule has 4 heteroatoms. The molecule has 0 atom stereocenters. The molecule has 0 spiro atoms. The van der Waals surface area contributed by atoms with Gasteiger partial charge in [0.05, 0.1) is 0 Å². The van der Waals surface area contributed by atoms with Crippen molar-refractivity contribution in [2.75, 3.05) is 13.1 Å². The van der Waals surface area contributed by atoms with E-state index < -0.39 is 11.4 Å². The highest BCUT2D eigenvalue weighted by Crippen LogP contribution is 2.47. The van der Waals surface area contributed by atoms with Crippen molar-refractivity contribution in [3.63, 3.8) is 0 Å². The number of nitrogens with zero attached hydrogens (tertiary/aromatic N) is 1. The van der Waals surface area contributed by atoms with E-state index in [9.17, 15) is 9.59 Å². The van der Waals surface area contributed by atoms with Gasteiger partial charge < -0.3 is 10.0 Å². The molecule has 1 rings (SSSR count). The summed E-state index contributed by atoms with van der Waals surface area (Å²) in [5.41, 5.74) is -1.06. The lowest BCUT2D eigenvalue weighted by Gasteiger charge is -2.22. The zero-order valence-electron chi connectivity index (χ0n) is 8.04. The van der Waals surface area contributed by atoms with Crippen LogP contribution in [0.1, 0.15) is 26.7 Å². The monoisotopic (exact) mass is 185 g/mol. The van der Waals surface area contributed by atoms with Crippen molar-refractivity contribution in [3.05, 3.63) is 0 Å². The maximum absolute atomic E-state index is 11.7. The molecule has 1 saturated carbocycles. The van der Waals surface area contributed by atoms with E-state index in [1.54, 1.807) is 4.90 Å². The van der Waals surface area contributed by atoms with Crippen LogP contribution in [0.2, 0.25) is 0 Å². The van der Waals surface area contributed by atoms with E-state index in [2.05, 4.69) is 0 Å². The fourth-order valence-electron chi connectivity index (χ4n) is 1.46. The van der Waals surface area contributed by atoms with Gasteiger partial charge in [-0.2, -0.15) is 0 Å². The van der Waals surface area contributed by atoms with Gasteiger partial charge in [0, 0.05) is 13.1 Å². The van der Waals surface area contributed by atoms with Crippen molar-refractivity contribution in [1.29, 1.82) is 0 Å². The molecule has 0 radical (unpaired) electrons. The highest BCUT2D eigenvalue weighted by molar-refractivity contribution is 6.04. The van der Waals surface area contributed by atoms with Crippen molar-refractivity contribution >= 4 is 11.9 Å². The van der Waals surface area contributed by atoms with Gasteiger partial charge in [-0.15, -0.1) is 0 Å². The Balaban J connectivity index is 2.72. The fourth-order valence-corrected chi connectivity index (χ4v) is 1.46. The molecule has 0 heterocycles. The second-order valence-electron chi connectivity index (χ2n) is 3.36. The van der Waals surface area contributed by atoms with Crippen molar-refractivity contribution in [1.82, 2.24) is 4.90 Å². The van der Waals surface area contributed by atoms with Crippen LogP contribution in [-0.4, -0.2) is 35.0 Å². The third-order valence-electron chi connectivity index (χ3n) is 2.62. The molecular formula is C9H15NO3. The molecular weight excluding hydrogens is 170 g/mol. The van der Waals surface area contributed by atoms with Crippen LogP contribution in [0.25, 0.3) is 0 Å². The molecule has 0 aromatic heterocycles. The van der Waals surface area contributed by atoms with Crippen LogP contribution in [0.3, 0.4) is 0 Å². The summed E-state index contributed by atoms with van der Waals surface area (Å²) < 4.78 is 0. The van der Waals surface area contributed by atoms with Crippen LogP contribution < -0.4 is 0 Å². The highest BCUT2D eigenvalue weighted by Gasteiger charge is 2.58. The molecule has 0 aromatic rings. The van der Waals surface area contributed by atoms with E-state index in [4.69, 9.17) is 5.11 Å². The first-order valence-corrected chi connectivity index (χ1v) is 4.61. The summed E-state index contributed by atoms with van der Waals surface area (Å²) in [6, 6.07) is 0. The molecule has 0 bridgehead atoms. The summed E-state index contributed by atoms with van der Waals surface area (Å²) in [5.74, 6) is -1.19. The lowest BCUT2D eigenvalue weighted by molar-refractivity contribution is -0.153. The molecule has 1 aliphatic rings. The molecule has 13 heavy (non-hydrogen) atoms. The second-order valence-corrected chi connectivity index (χ2v) is 3.36. The number of aliphatic carboxylic acids is 1. The van der Waals surface area contributed by atoms with Gasteiger partial charge in [-0.3, -0.25) is 9.59 Å². The molecule has 1 fully saturated rings. The summed E-state index contributed by atoms with van der Waals surface area (Å²) in [6.07, 6.45) is 0.995. The predicted molar refractivity (Wildman–Crippen MR) is 47.2 cm³/mol. The molecule has 0 saturated heterocycles. The number of hydrogen-bond donors (Lipinski definition) is 1. The zero-order chi connectivity index (χ0) is 10.1. The van der Waals surface area contributed by atoms with E-state index in [0.29, 0.717) is 25.9 Å². The number of rotatable bonds is 4. The van der Waals surface area contributed by atoms with Crippen molar-refractivity contribution < 1.29 is 14.7 Å². The SMILES string of the molecule is CCN(CC)C(=O)C1(C(=O)O)CC1. The Hall–Kier alpha value is -1.06. The number of carboxylic acid groups (broad SMARTS) is 1. The molecule has 0 unspecified atom stereocenters. The standard InChI is InChI=1S/C9H15NO3/c1-3-10(4-2)7(11)9(5-6-9)8(12)13/h3-6H2,1-2H3,(H,12,13). The Morgan fingerprint density at radius 1 is 1.31 bits per heavy atom. The van der Waals surface area contributed by atoms with Gasteiger partial charge in [-0.05, 0) is 26.7 Å². The molecule has 1 aliphatic carbocycles. The maximum atomic E-state index is 11.7. The molecule has 0 aliphatic heterocycles. The minimum atomic E-state index is -1.06. The summed E-state index contributed by atoms with van der Waals surface area (Å²) >= 11 is 0. The number of carbonyl (C=O) groups excluding carboxylic acids is 1. The fraction of sp³-hybridized carbons (Fsp3) is 0.778. The topological polar surface area (TPSA) is 57.6 Å². The first-order valence-electron chi connectivity index (χ1n) is 4.61. The van der Waals surface area contributed by atoms with Crippen LogP contribution in [0.4, 0.5) is 0 Å². The summed E-state index contributed by atoms with van der Waals surface area (Å²) in [4.78, 5) is 24.1. The third-order valence-corrected chi connectivity index (χ3v) is 2.62. The van der Waals surface area contributed by atoms with Gasteiger partial charge in [0.25, 0.3) is 0 Å². The largest absolute Gasteiger partial charge is 0.480 e. The van der Waals surface area contributed by atoms with Gasteiger partial charge >= 0.3 is 5.97 Å². The zero-order valence-corrected chi connectivity index (χ0v) is 8.04. The minimum absolute atomic E-state index is 0.218. The van der Waals surface area contributed by atoms with E-state index >= 15 is 0 Å². The van der Waals surface area contributed by atoms with Gasteiger partial charge in [0.15, 0.2) is 0 Å². The molecule has 1 amide bonds. The van der Waals surface area contributed by atoms with Crippen LogP contribution in [0.15, 0.2) is 0 Å². The Kier molecular flexibility index (Phi) is 2.59. The molecule has 1 N–H and O–H groups in total. The van der Waals surface area contributed by atoms with Crippen molar-refractivity contribution in [3.8, 4) is 0 Å². The summed E-state index contributed by atoms with van der Waals surface area (Å²) in [7, 11) is 0. The lowest BCUT2D eigenvalue weighted by atomic mass is 10.1. The van der Waals surface area contributed by atoms with Crippen LogP contribution in [-0.2, 0) is 9.59 Å². The summed E-state index contributed by atoms with van der Waals surface area (Å²) in [5, 5.41) is 8.87. The number of carbonyl (C=O) groups is 2. The first kappa shape index (κ1) is 10.0. The predicted octanol–water partition coefficient (Wildman–Crippen LogP) is 0.720. The van der Waals surface area contributed by atoms with Gasteiger partial charge in [-0.1, -0.05) is 0 Å². The maximum Gasteiger partial charge on any atom is 0.319 e. The quantitative estimate of drug-likeness (QED) is 0.656. The average molecular weight is 185 g/mol. The van der Waals surface area contributed by atoms with Crippen LogP contribution >= 0.6 is 0 Å². The molecule has 4 nitrogen and oxygen atoms in total. The third kappa shape index (κ3) is 1.53. The van der Waals surface area contributed by atoms with Gasteiger partial charge in [0.2, 0.25) is 5.91 Å². The Morgan fingerprint density at radius 3 is 2.00 bits per heavy atom. The lowest BCUT2D eigenvalue weighted by Crippen LogP contribution is -2.40. The van der Waals surface area contributed by atoms with Crippen LogP contribution in [0, 0.1) is 5.41 Å². The molecule has 74 valence electrons. The Morgan fingerprint density at radius 2 is 1.77 bits per heavy atom. The van der Waals surface area contributed by atoms with E-state index in [1.165, 1.54) is 0 Å². The Labute approximate surface area is 77.5 Å². The number of carboxylic acids is 1. The van der Waals surface area contributed by atoms with Gasteiger partial charge in [-0.25, -0.2) is 0 Å². The number of amides is 1. The average Bonchev–Trinajstić information content (AvgIpc) is 2.86. The minimum Gasteiger partial charge on any atom is -0.480 e. The number of hydrogen-bond acceptors (Lipinski definition) is 2. The molecule has 0 aromatic carbocycles. The second kappa shape index (κ2) is 3.36. The van der Waals surface area contributed by atoms with Crippen LogP contribution in [0.5, 0.6) is 0 Å². The van der Waals surface area contributed by atoms with Gasteiger partial charge in [0.1, 0.15) is 5.41 Å².